The lowest BCUT2D eigenvalue weighted by molar-refractivity contribution is 0.639. The zero-order chi connectivity index (χ0) is 14.9. The SMILES string of the molecule is CCc1cc(CNC2CC2)cc(N2CCSC(C)(C)C2)n1. The molecule has 1 aliphatic heterocycles. The highest BCUT2D eigenvalue weighted by Gasteiger charge is 2.28. The summed E-state index contributed by atoms with van der Waals surface area (Å²) in [6.07, 6.45) is 3.70. The second kappa shape index (κ2) is 6.17. The predicted molar refractivity (Wildman–Crippen MR) is 92.2 cm³/mol. The van der Waals surface area contributed by atoms with Crippen molar-refractivity contribution >= 4 is 17.6 Å². The van der Waals surface area contributed by atoms with E-state index in [0.717, 1.165) is 32.1 Å². The summed E-state index contributed by atoms with van der Waals surface area (Å²) in [5.41, 5.74) is 2.61. The Morgan fingerprint density at radius 2 is 2.19 bits per heavy atom. The number of rotatable bonds is 5. The van der Waals surface area contributed by atoms with E-state index in [4.69, 9.17) is 4.98 Å². The maximum Gasteiger partial charge on any atom is 0.129 e. The molecule has 4 heteroatoms. The average molecular weight is 305 g/mol. The summed E-state index contributed by atoms with van der Waals surface area (Å²) in [7, 11) is 0. The minimum atomic E-state index is 0.328. The monoisotopic (exact) mass is 305 g/mol. The van der Waals surface area contributed by atoms with Gasteiger partial charge in [0.25, 0.3) is 0 Å². The molecular weight excluding hydrogens is 278 g/mol. The van der Waals surface area contributed by atoms with Gasteiger partial charge in [0.15, 0.2) is 0 Å². The summed E-state index contributed by atoms with van der Waals surface area (Å²) in [6, 6.07) is 5.32. The van der Waals surface area contributed by atoms with Gasteiger partial charge in [-0.2, -0.15) is 11.8 Å². The molecule has 21 heavy (non-hydrogen) atoms. The van der Waals surface area contributed by atoms with Crippen LogP contribution in [0.15, 0.2) is 12.1 Å². The highest BCUT2D eigenvalue weighted by Crippen LogP contribution is 2.32. The Balaban J connectivity index is 1.77. The first-order valence-electron chi connectivity index (χ1n) is 8.18. The molecule has 3 nitrogen and oxygen atoms in total. The molecule has 0 amide bonds. The van der Waals surface area contributed by atoms with Gasteiger partial charge in [-0.25, -0.2) is 4.98 Å². The molecule has 0 radical (unpaired) electrons. The number of nitrogens with one attached hydrogen (secondary N) is 1. The van der Waals surface area contributed by atoms with Gasteiger partial charge < -0.3 is 10.2 Å². The summed E-state index contributed by atoms with van der Waals surface area (Å²) in [6.45, 7) is 10.1. The molecule has 0 unspecified atom stereocenters. The number of thioether (sulfide) groups is 1. The van der Waals surface area contributed by atoms with Crippen LogP contribution in [0.5, 0.6) is 0 Å². The number of pyridine rings is 1. The van der Waals surface area contributed by atoms with Crippen LogP contribution in [0, 0.1) is 0 Å². The highest BCUT2D eigenvalue weighted by atomic mass is 32.2. The number of aryl methyl sites for hydroxylation is 1. The summed E-state index contributed by atoms with van der Waals surface area (Å²) >= 11 is 2.07. The first kappa shape index (κ1) is 15.2. The van der Waals surface area contributed by atoms with Crippen molar-refractivity contribution in [1.29, 1.82) is 0 Å². The highest BCUT2D eigenvalue weighted by molar-refractivity contribution is 8.00. The van der Waals surface area contributed by atoms with Crippen molar-refractivity contribution in [2.24, 2.45) is 0 Å². The molecule has 3 rings (SSSR count). The Labute approximate surface area is 132 Å². The third-order valence-electron chi connectivity index (χ3n) is 4.21. The second-order valence-corrected chi connectivity index (χ2v) is 8.67. The van der Waals surface area contributed by atoms with Crippen LogP contribution in [-0.2, 0) is 13.0 Å². The van der Waals surface area contributed by atoms with Crippen molar-refractivity contribution in [3.05, 3.63) is 23.4 Å². The number of anilines is 1. The number of aromatic nitrogens is 1. The maximum absolute atomic E-state index is 4.87. The van der Waals surface area contributed by atoms with E-state index < -0.39 is 0 Å². The Hall–Kier alpha value is -0.740. The van der Waals surface area contributed by atoms with E-state index >= 15 is 0 Å². The molecule has 1 aliphatic carbocycles. The molecule has 0 spiro atoms. The zero-order valence-electron chi connectivity index (χ0n) is 13.5. The Kier molecular flexibility index (Phi) is 4.46. The van der Waals surface area contributed by atoms with E-state index in [0.29, 0.717) is 4.75 Å². The van der Waals surface area contributed by atoms with Gasteiger partial charge in [-0.1, -0.05) is 6.92 Å². The van der Waals surface area contributed by atoms with Crippen LogP contribution in [-0.4, -0.2) is 34.6 Å². The molecule has 2 aliphatic rings. The minimum absolute atomic E-state index is 0.328. The Morgan fingerprint density at radius 3 is 2.86 bits per heavy atom. The number of hydrogen-bond donors (Lipinski definition) is 1. The van der Waals surface area contributed by atoms with Crippen LogP contribution < -0.4 is 10.2 Å². The molecule has 116 valence electrons. The van der Waals surface area contributed by atoms with Gasteiger partial charge in [0.2, 0.25) is 0 Å². The lowest BCUT2D eigenvalue weighted by Gasteiger charge is -2.38. The Bertz CT molecular complexity index is 497. The fourth-order valence-electron chi connectivity index (χ4n) is 2.84. The summed E-state index contributed by atoms with van der Waals surface area (Å²) in [5, 5.41) is 3.62. The van der Waals surface area contributed by atoms with Crippen LogP contribution in [0.2, 0.25) is 0 Å². The minimum Gasteiger partial charge on any atom is -0.354 e. The smallest absolute Gasteiger partial charge is 0.129 e. The molecule has 2 fully saturated rings. The van der Waals surface area contributed by atoms with E-state index in [1.54, 1.807) is 0 Å². The molecule has 0 atom stereocenters. The third-order valence-corrected chi connectivity index (χ3v) is 5.51. The van der Waals surface area contributed by atoms with Crippen molar-refractivity contribution < 1.29 is 0 Å². The zero-order valence-corrected chi connectivity index (χ0v) is 14.3. The van der Waals surface area contributed by atoms with E-state index in [-0.39, 0.29) is 0 Å². The maximum atomic E-state index is 4.87. The fourth-order valence-corrected chi connectivity index (χ4v) is 3.95. The van der Waals surface area contributed by atoms with Crippen LogP contribution >= 0.6 is 11.8 Å². The second-order valence-electron chi connectivity index (χ2n) is 6.86. The van der Waals surface area contributed by atoms with E-state index in [2.05, 4.69) is 54.9 Å². The van der Waals surface area contributed by atoms with Crippen molar-refractivity contribution in [1.82, 2.24) is 10.3 Å². The molecule has 0 aromatic carbocycles. The molecule has 1 saturated heterocycles. The van der Waals surface area contributed by atoms with Gasteiger partial charge in [-0.3, -0.25) is 0 Å². The molecule has 1 saturated carbocycles. The normalized spacial score (nSPS) is 21.6. The van der Waals surface area contributed by atoms with Crippen LogP contribution in [0.4, 0.5) is 5.82 Å². The molecular formula is C17H27N3S. The quantitative estimate of drug-likeness (QED) is 0.904. The Morgan fingerprint density at radius 1 is 1.38 bits per heavy atom. The van der Waals surface area contributed by atoms with Crippen molar-refractivity contribution in [3.63, 3.8) is 0 Å². The van der Waals surface area contributed by atoms with Crippen LogP contribution in [0.3, 0.4) is 0 Å². The fraction of sp³-hybridized carbons (Fsp3) is 0.706. The molecule has 1 aromatic rings. The molecule has 1 aromatic heterocycles. The van der Waals surface area contributed by atoms with Crippen LogP contribution in [0.1, 0.15) is 44.9 Å². The first-order valence-corrected chi connectivity index (χ1v) is 9.16. The topological polar surface area (TPSA) is 28.2 Å². The van der Waals surface area contributed by atoms with E-state index in [1.165, 1.54) is 35.7 Å². The van der Waals surface area contributed by atoms with E-state index in [1.807, 2.05) is 0 Å². The summed E-state index contributed by atoms with van der Waals surface area (Å²) < 4.78 is 0.328. The largest absolute Gasteiger partial charge is 0.354 e. The predicted octanol–water partition coefficient (Wildman–Crippen LogP) is 3.23. The van der Waals surface area contributed by atoms with Gasteiger partial charge in [0.05, 0.1) is 0 Å². The first-order chi connectivity index (χ1) is 10.1. The summed E-state index contributed by atoms with van der Waals surface area (Å²) in [4.78, 5) is 7.34. The third kappa shape index (κ3) is 4.13. The van der Waals surface area contributed by atoms with Crippen molar-refractivity contribution in [2.45, 2.75) is 57.4 Å². The van der Waals surface area contributed by atoms with E-state index in [9.17, 15) is 0 Å². The molecule has 2 heterocycles. The van der Waals surface area contributed by atoms with Crippen molar-refractivity contribution in [3.8, 4) is 0 Å². The van der Waals surface area contributed by atoms with Gasteiger partial charge in [0, 0.05) is 41.9 Å². The van der Waals surface area contributed by atoms with Crippen LogP contribution in [0.25, 0.3) is 0 Å². The standard InChI is InChI=1S/C17H27N3S/c1-4-14-9-13(11-18-15-5-6-15)10-16(19-14)20-7-8-21-17(2,3)12-20/h9-10,15,18H,4-8,11-12H2,1-3H3. The van der Waals surface area contributed by atoms with Gasteiger partial charge >= 0.3 is 0 Å². The van der Waals surface area contributed by atoms with Gasteiger partial charge in [0.1, 0.15) is 5.82 Å². The average Bonchev–Trinajstić information content (AvgIpc) is 3.28. The number of hydrogen-bond acceptors (Lipinski definition) is 4. The molecule has 0 bridgehead atoms. The van der Waals surface area contributed by atoms with Crippen molar-refractivity contribution in [2.75, 3.05) is 23.7 Å². The van der Waals surface area contributed by atoms with Gasteiger partial charge in [-0.05, 0) is 50.8 Å². The lowest BCUT2D eigenvalue weighted by atomic mass is 10.1. The van der Waals surface area contributed by atoms with Gasteiger partial charge in [-0.15, -0.1) is 0 Å². The lowest BCUT2D eigenvalue weighted by Crippen LogP contribution is -2.43. The summed E-state index contributed by atoms with van der Waals surface area (Å²) in [5.74, 6) is 2.37. The molecule has 1 N–H and O–H groups in total. The number of nitrogens with zero attached hydrogens (tertiary/aromatic N) is 2.